The molecule has 2 bridgehead atoms. The molecule has 3 rings (SSSR count). The maximum absolute atomic E-state index is 12.5. The van der Waals surface area contributed by atoms with Crippen LogP contribution in [-0.4, -0.2) is 30.7 Å². The third-order valence-electron chi connectivity index (χ3n) is 3.92. The molecule has 0 aromatic heterocycles. The van der Waals surface area contributed by atoms with Gasteiger partial charge in [-0.1, -0.05) is 24.3 Å². The lowest BCUT2D eigenvalue weighted by Crippen LogP contribution is -2.45. The second-order valence-electron chi connectivity index (χ2n) is 5.24. The first-order valence-electron chi connectivity index (χ1n) is 7.19. The third-order valence-corrected chi connectivity index (χ3v) is 3.92. The molecular weight excluding hydrogens is 286 g/mol. The van der Waals surface area contributed by atoms with Gasteiger partial charge in [-0.05, 0) is 19.1 Å². The van der Waals surface area contributed by atoms with Crippen LogP contribution in [0.15, 0.2) is 36.4 Å². The summed E-state index contributed by atoms with van der Waals surface area (Å²) in [4.78, 5) is 23.8. The minimum Gasteiger partial charge on any atom is -0.550 e. The topological polar surface area (TPSA) is 87.7 Å². The molecule has 22 heavy (non-hydrogen) atoms. The van der Waals surface area contributed by atoms with Crippen LogP contribution in [0.25, 0.3) is 0 Å². The summed E-state index contributed by atoms with van der Waals surface area (Å²) in [7, 11) is 0. The maximum atomic E-state index is 12.5. The van der Waals surface area contributed by atoms with E-state index in [1.54, 1.807) is 36.4 Å². The molecule has 4 atom stereocenters. The molecule has 2 aliphatic heterocycles. The van der Waals surface area contributed by atoms with Crippen LogP contribution in [0.1, 0.15) is 6.92 Å². The van der Waals surface area contributed by atoms with Gasteiger partial charge in [0, 0.05) is 11.9 Å². The number of amides is 1. The van der Waals surface area contributed by atoms with Crippen LogP contribution in [0.2, 0.25) is 0 Å². The van der Waals surface area contributed by atoms with Crippen LogP contribution in [-0.2, 0) is 14.3 Å². The van der Waals surface area contributed by atoms with Crippen molar-refractivity contribution in [3.8, 4) is 5.75 Å². The number of aliphatic carboxylic acids is 1. The van der Waals surface area contributed by atoms with E-state index in [1.165, 1.54) is 0 Å². The van der Waals surface area contributed by atoms with Crippen LogP contribution in [0.4, 0.5) is 5.69 Å². The first-order chi connectivity index (χ1) is 10.6. The third kappa shape index (κ3) is 2.46. The second kappa shape index (κ2) is 5.81. The summed E-state index contributed by atoms with van der Waals surface area (Å²) in [6.45, 7) is 2.31. The van der Waals surface area contributed by atoms with Crippen LogP contribution in [0, 0.1) is 11.8 Å². The van der Waals surface area contributed by atoms with Crippen LogP contribution < -0.4 is 15.2 Å². The van der Waals surface area contributed by atoms with Gasteiger partial charge in [0.1, 0.15) is 5.75 Å². The lowest BCUT2D eigenvalue weighted by atomic mass is 9.82. The zero-order valence-corrected chi connectivity index (χ0v) is 12.0. The van der Waals surface area contributed by atoms with E-state index in [-0.39, 0.29) is 0 Å². The molecule has 2 aliphatic rings. The Hall–Kier alpha value is -2.34. The summed E-state index contributed by atoms with van der Waals surface area (Å²) in [5.41, 5.74) is 0.512. The average Bonchev–Trinajstić information content (AvgIpc) is 3.10. The SMILES string of the molecule is CCOc1ccccc1NC(=O)[C@@H]1[C@@H](C(=O)[O-])[C@H]2C=C[C@@H]1O2. The van der Waals surface area contributed by atoms with E-state index in [2.05, 4.69) is 5.32 Å². The Bertz CT molecular complexity index is 627. The molecule has 6 heteroatoms. The normalized spacial score (nSPS) is 28.6. The molecule has 0 unspecified atom stereocenters. The summed E-state index contributed by atoms with van der Waals surface area (Å²) in [6.07, 6.45) is 2.28. The summed E-state index contributed by atoms with van der Waals surface area (Å²) in [5.74, 6) is -2.89. The van der Waals surface area contributed by atoms with Gasteiger partial charge in [-0.25, -0.2) is 0 Å². The number of hydrogen-bond donors (Lipinski definition) is 1. The minimum absolute atomic E-state index is 0.404. The highest BCUT2D eigenvalue weighted by Gasteiger charge is 2.50. The van der Waals surface area contributed by atoms with Crippen molar-refractivity contribution in [2.45, 2.75) is 19.1 Å². The lowest BCUT2D eigenvalue weighted by molar-refractivity contribution is -0.313. The summed E-state index contributed by atoms with van der Waals surface area (Å²) in [5, 5.41) is 14.0. The molecule has 0 aliphatic carbocycles. The number of rotatable bonds is 5. The smallest absolute Gasteiger partial charge is 0.231 e. The highest BCUT2D eigenvalue weighted by molar-refractivity contribution is 5.97. The van der Waals surface area contributed by atoms with Gasteiger partial charge in [0.15, 0.2) is 0 Å². The van der Waals surface area contributed by atoms with Crippen LogP contribution in [0.3, 0.4) is 0 Å². The van der Waals surface area contributed by atoms with Crippen molar-refractivity contribution in [1.82, 2.24) is 0 Å². The zero-order valence-electron chi connectivity index (χ0n) is 12.0. The van der Waals surface area contributed by atoms with Crippen molar-refractivity contribution in [3.63, 3.8) is 0 Å². The molecule has 0 spiro atoms. The van der Waals surface area contributed by atoms with E-state index in [1.807, 2.05) is 6.92 Å². The van der Waals surface area contributed by atoms with Gasteiger partial charge in [-0.15, -0.1) is 0 Å². The highest BCUT2D eigenvalue weighted by Crippen LogP contribution is 2.39. The van der Waals surface area contributed by atoms with Gasteiger partial charge in [-0.2, -0.15) is 0 Å². The van der Waals surface area contributed by atoms with Crippen LogP contribution in [0.5, 0.6) is 5.75 Å². The molecule has 6 nitrogen and oxygen atoms in total. The standard InChI is InChI=1S/C16H17NO5/c1-2-21-10-6-4-3-5-9(10)17-15(18)13-11-7-8-12(22-11)14(13)16(19)20/h3-8,11-14H,2H2,1H3,(H,17,18)(H,19,20)/p-1/t11-,12+,13-,14-/m0/s1. The minimum atomic E-state index is -1.27. The number of carbonyl (C=O) groups excluding carboxylic acids is 2. The number of hydrogen-bond acceptors (Lipinski definition) is 5. The predicted molar refractivity (Wildman–Crippen MR) is 76.0 cm³/mol. The van der Waals surface area contributed by atoms with Gasteiger partial charge in [-0.3, -0.25) is 4.79 Å². The fourth-order valence-electron chi connectivity index (χ4n) is 2.97. The number of carboxylic acids is 1. The summed E-state index contributed by atoms with van der Waals surface area (Å²) < 4.78 is 10.9. The Kier molecular flexibility index (Phi) is 3.85. The van der Waals surface area contributed by atoms with Crippen molar-refractivity contribution in [2.24, 2.45) is 11.8 Å². The highest BCUT2D eigenvalue weighted by atomic mass is 16.5. The van der Waals surface area contributed by atoms with E-state index < -0.39 is 35.9 Å². The van der Waals surface area contributed by atoms with E-state index in [9.17, 15) is 14.7 Å². The molecule has 0 radical (unpaired) electrons. The van der Waals surface area contributed by atoms with Gasteiger partial charge in [0.2, 0.25) is 5.91 Å². The largest absolute Gasteiger partial charge is 0.550 e. The molecule has 1 amide bonds. The predicted octanol–water partition coefficient (Wildman–Crippen LogP) is 0.343. The Labute approximate surface area is 127 Å². The van der Waals surface area contributed by atoms with E-state index in [0.717, 1.165) is 0 Å². The van der Waals surface area contributed by atoms with E-state index >= 15 is 0 Å². The molecule has 1 N–H and O–H groups in total. The quantitative estimate of drug-likeness (QED) is 0.793. The molecule has 2 heterocycles. The fourth-order valence-corrected chi connectivity index (χ4v) is 2.97. The van der Waals surface area contributed by atoms with Crippen molar-refractivity contribution >= 4 is 17.6 Å². The number of fused-ring (bicyclic) bond motifs is 2. The Morgan fingerprint density at radius 3 is 2.59 bits per heavy atom. The maximum Gasteiger partial charge on any atom is 0.231 e. The molecular formula is C16H16NO5-. The molecule has 1 aromatic rings. The van der Waals surface area contributed by atoms with E-state index in [4.69, 9.17) is 9.47 Å². The lowest BCUT2D eigenvalue weighted by Gasteiger charge is -2.25. The number of carbonyl (C=O) groups is 2. The van der Waals surface area contributed by atoms with Crippen LogP contribution >= 0.6 is 0 Å². The molecule has 116 valence electrons. The summed E-state index contributed by atoms with van der Waals surface area (Å²) >= 11 is 0. The molecule has 1 fully saturated rings. The van der Waals surface area contributed by atoms with Crippen molar-refractivity contribution in [2.75, 3.05) is 11.9 Å². The van der Waals surface area contributed by atoms with Gasteiger partial charge in [0.25, 0.3) is 0 Å². The van der Waals surface area contributed by atoms with Gasteiger partial charge < -0.3 is 24.7 Å². The van der Waals surface area contributed by atoms with Gasteiger partial charge in [0.05, 0.1) is 30.4 Å². The van der Waals surface area contributed by atoms with Crippen molar-refractivity contribution in [3.05, 3.63) is 36.4 Å². The number of ether oxygens (including phenoxy) is 2. The van der Waals surface area contributed by atoms with Gasteiger partial charge >= 0.3 is 0 Å². The Morgan fingerprint density at radius 2 is 1.91 bits per heavy atom. The fraction of sp³-hybridized carbons (Fsp3) is 0.375. The molecule has 0 saturated carbocycles. The van der Waals surface area contributed by atoms with E-state index in [0.29, 0.717) is 18.0 Å². The Morgan fingerprint density at radius 1 is 1.23 bits per heavy atom. The molecule has 1 aromatic carbocycles. The number of anilines is 1. The second-order valence-corrected chi connectivity index (χ2v) is 5.24. The first-order valence-corrected chi connectivity index (χ1v) is 7.19. The number of benzene rings is 1. The number of para-hydroxylation sites is 2. The van der Waals surface area contributed by atoms with Crippen molar-refractivity contribution in [1.29, 1.82) is 0 Å². The average molecular weight is 302 g/mol. The summed E-state index contributed by atoms with van der Waals surface area (Å²) in [6, 6.07) is 7.02. The monoisotopic (exact) mass is 302 g/mol. The number of carboxylic acid groups (broad SMARTS) is 1. The zero-order chi connectivity index (χ0) is 15.7. The molecule has 1 saturated heterocycles. The first kappa shape index (κ1) is 14.6. The Balaban J connectivity index is 1.80. The number of nitrogens with one attached hydrogen (secondary N) is 1. The van der Waals surface area contributed by atoms with Crippen molar-refractivity contribution < 1.29 is 24.2 Å².